The number of carbonyl (C=O) groups is 1. The Morgan fingerprint density at radius 2 is 1.75 bits per heavy atom. The topological polar surface area (TPSA) is 164 Å². The lowest BCUT2D eigenvalue weighted by atomic mass is 9.82. The summed E-state index contributed by atoms with van der Waals surface area (Å²) in [6.45, 7) is 10.8. The maximum Gasteiger partial charge on any atom is 0.498 e. The first-order chi connectivity index (χ1) is 26.3. The molecule has 56 heavy (non-hydrogen) atoms. The van der Waals surface area contributed by atoms with E-state index >= 15 is 0 Å². The van der Waals surface area contributed by atoms with Gasteiger partial charge >= 0.3 is 13.3 Å². The second kappa shape index (κ2) is 15.7. The average molecular weight is 863 g/mol. The summed E-state index contributed by atoms with van der Waals surface area (Å²) in [5.74, 6) is -1.09. The first-order valence-corrected chi connectivity index (χ1v) is 20.7. The Labute approximate surface area is 331 Å². The van der Waals surface area contributed by atoms with Crippen LogP contribution in [0.2, 0.25) is 0 Å². The van der Waals surface area contributed by atoms with Gasteiger partial charge in [0, 0.05) is 55.4 Å². The van der Waals surface area contributed by atoms with E-state index < -0.39 is 49.2 Å². The molecule has 1 aliphatic heterocycles. The highest BCUT2D eigenvalue weighted by Gasteiger charge is 2.52. The van der Waals surface area contributed by atoms with E-state index in [9.17, 15) is 22.5 Å². The number of hydrogen-bond acceptors (Lipinski definition) is 12. The number of rotatable bonds is 15. The van der Waals surface area contributed by atoms with Crippen molar-refractivity contribution in [1.29, 1.82) is 0 Å². The van der Waals surface area contributed by atoms with Crippen molar-refractivity contribution in [2.45, 2.75) is 77.5 Å². The van der Waals surface area contributed by atoms with Gasteiger partial charge in [-0.15, -0.1) is 0 Å². The van der Waals surface area contributed by atoms with E-state index in [0.29, 0.717) is 47.1 Å². The Hall–Kier alpha value is -4.03. The predicted molar refractivity (Wildman–Crippen MR) is 209 cm³/mol. The minimum absolute atomic E-state index is 0.00625. The Morgan fingerprint density at radius 1 is 1.05 bits per heavy atom. The molecule has 0 bridgehead atoms. The molecule has 1 amide bonds. The third-order valence-corrected chi connectivity index (χ3v) is 13.2. The molecule has 4 aromatic rings. The number of methoxy groups -OCH3 is 1. The molecule has 0 radical (unpaired) electrons. The van der Waals surface area contributed by atoms with E-state index in [1.54, 1.807) is 24.4 Å². The fraction of sp³-hybridized carbons (Fsp3) is 0.472. The van der Waals surface area contributed by atoms with Crippen LogP contribution in [0.4, 0.5) is 36.3 Å². The quantitative estimate of drug-likeness (QED) is 0.0622. The summed E-state index contributed by atoms with van der Waals surface area (Å²) in [5, 5.41) is 12.5. The summed E-state index contributed by atoms with van der Waals surface area (Å²) in [7, 11) is -0.836. The van der Waals surface area contributed by atoms with Gasteiger partial charge in [-0.25, -0.2) is 9.97 Å². The number of hydrogen-bond donors (Lipinski definition) is 3. The second-order valence-corrected chi connectivity index (χ2v) is 18.6. The van der Waals surface area contributed by atoms with E-state index in [0.717, 1.165) is 18.3 Å². The van der Waals surface area contributed by atoms with Crippen molar-refractivity contribution in [3.05, 3.63) is 70.3 Å². The molecule has 0 spiro atoms. The fourth-order valence-electron chi connectivity index (χ4n) is 5.97. The highest BCUT2D eigenvalue weighted by Crippen LogP contribution is 2.56. The molecule has 3 N–H and O–H groups in total. The van der Waals surface area contributed by atoms with Crippen molar-refractivity contribution in [3.63, 3.8) is 0 Å². The average Bonchev–Trinajstić information content (AvgIpc) is 3.67. The summed E-state index contributed by atoms with van der Waals surface area (Å²) in [5.41, 5.74) is -0.558. The van der Waals surface area contributed by atoms with Gasteiger partial charge in [-0.2, -0.15) is 23.3 Å². The van der Waals surface area contributed by atoms with Gasteiger partial charge in [0.25, 0.3) is 5.91 Å². The summed E-state index contributed by atoms with van der Waals surface area (Å²) in [6, 6.07) is 7.94. The molecule has 3 aromatic heterocycles. The fourth-order valence-corrected chi connectivity index (χ4v) is 8.04. The largest absolute Gasteiger partial charge is 0.498 e. The molecule has 2 aliphatic rings. The minimum atomic E-state index is -4.82. The van der Waals surface area contributed by atoms with Crippen molar-refractivity contribution in [1.82, 2.24) is 30.0 Å². The van der Waals surface area contributed by atoms with Crippen LogP contribution < -0.4 is 26.2 Å². The van der Waals surface area contributed by atoms with Crippen LogP contribution >= 0.6 is 23.3 Å². The zero-order valence-electron chi connectivity index (χ0n) is 32.1. The van der Waals surface area contributed by atoms with Crippen molar-refractivity contribution in [2.75, 3.05) is 37.6 Å². The van der Waals surface area contributed by atoms with Gasteiger partial charge in [0.2, 0.25) is 13.3 Å². The normalized spacial score (nSPS) is 17.9. The molecule has 1 aliphatic carbocycles. The van der Waals surface area contributed by atoms with Gasteiger partial charge in [-0.3, -0.25) is 14.0 Å². The molecule has 6 rings (SSSR count). The third-order valence-electron chi connectivity index (χ3n) is 10.3. The van der Waals surface area contributed by atoms with E-state index in [1.807, 2.05) is 45.5 Å². The smallest absolute Gasteiger partial charge is 0.495 e. The van der Waals surface area contributed by atoms with Crippen molar-refractivity contribution >= 4 is 64.9 Å². The number of halogens is 4. The standard InChI is InChI=1S/C36H44BBrF3N8O6P/c1-8-56(51,53-21-35(13-14-35)20-49-18-23(16-44-49)37-54-33(2,3)34(4,5)55-37)19-22-9-10-25(27(15-22)52-7)46-32-43-17-24(36(39,40)41)30(48-32)45-26-11-12-28(38)47-29(26)31(50)42-6/h9-12,15-18H,8,13-14,19-21H2,1-7H3,(H,42,50)(H2,43,45,46,48). The molecular formula is C36H44BBrF3N8O6P. The van der Waals surface area contributed by atoms with E-state index in [1.165, 1.54) is 26.3 Å². The van der Waals surface area contributed by atoms with Crippen molar-refractivity contribution in [2.24, 2.45) is 5.41 Å². The van der Waals surface area contributed by atoms with Crippen LogP contribution in [0.3, 0.4) is 0 Å². The lowest BCUT2D eigenvalue weighted by molar-refractivity contribution is -0.137. The van der Waals surface area contributed by atoms with Gasteiger partial charge in [0.1, 0.15) is 21.7 Å². The number of nitrogens with zero attached hydrogens (tertiary/aromatic N) is 5. The maximum absolute atomic E-state index is 14.1. The Kier molecular flexibility index (Phi) is 11.7. The number of ether oxygens (including phenoxy) is 1. The zero-order valence-corrected chi connectivity index (χ0v) is 34.6. The number of nitrogens with one attached hydrogen (secondary N) is 3. The number of amides is 1. The van der Waals surface area contributed by atoms with Crippen LogP contribution in [-0.2, 0) is 37.3 Å². The van der Waals surface area contributed by atoms with Crippen LogP contribution in [0.1, 0.15) is 69.1 Å². The van der Waals surface area contributed by atoms with Gasteiger partial charge in [0.05, 0.1) is 36.3 Å². The molecule has 1 unspecified atom stereocenters. The van der Waals surface area contributed by atoms with Crippen LogP contribution in [0.5, 0.6) is 5.75 Å². The van der Waals surface area contributed by atoms with Gasteiger partial charge in [-0.05, 0) is 86.3 Å². The lowest BCUT2D eigenvalue weighted by Gasteiger charge is -2.32. The van der Waals surface area contributed by atoms with E-state index in [-0.39, 0.29) is 28.9 Å². The van der Waals surface area contributed by atoms with E-state index in [2.05, 4.69) is 51.9 Å². The van der Waals surface area contributed by atoms with Crippen LogP contribution in [0.15, 0.2) is 53.5 Å². The highest BCUT2D eigenvalue weighted by atomic mass is 79.9. The number of pyridine rings is 1. The first-order valence-electron chi connectivity index (χ1n) is 17.9. The Balaban J connectivity index is 1.13. The van der Waals surface area contributed by atoms with Crippen LogP contribution in [0, 0.1) is 5.41 Å². The first kappa shape index (κ1) is 41.6. The Morgan fingerprint density at radius 3 is 2.38 bits per heavy atom. The number of anilines is 4. The highest BCUT2D eigenvalue weighted by molar-refractivity contribution is 9.10. The summed E-state index contributed by atoms with van der Waals surface area (Å²) in [4.78, 5) is 24.5. The summed E-state index contributed by atoms with van der Waals surface area (Å²) in [6.07, 6.45) is 1.78. The molecule has 1 saturated carbocycles. The second-order valence-electron chi connectivity index (χ2n) is 15.0. The van der Waals surface area contributed by atoms with Crippen LogP contribution in [-0.4, -0.2) is 75.9 Å². The number of alkyl halides is 3. The molecule has 4 heterocycles. The summed E-state index contributed by atoms with van der Waals surface area (Å²) >= 11 is 3.18. The molecular weight excluding hydrogens is 819 g/mol. The number of benzene rings is 1. The number of aromatic nitrogens is 5. The Bertz CT molecular complexity index is 2140. The molecule has 300 valence electrons. The van der Waals surface area contributed by atoms with Crippen LogP contribution in [0.25, 0.3) is 0 Å². The molecule has 1 aromatic carbocycles. The molecule has 1 atom stereocenters. The minimum Gasteiger partial charge on any atom is -0.495 e. The predicted octanol–water partition coefficient (Wildman–Crippen LogP) is 7.30. The lowest BCUT2D eigenvalue weighted by Crippen LogP contribution is -2.41. The van der Waals surface area contributed by atoms with E-state index in [4.69, 9.17) is 18.6 Å². The molecule has 1 saturated heterocycles. The van der Waals surface area contributed by atoms with Gasteiger partial charge < -0.3 is 34.5 Å². The zero-order chi connectivity index (χ0) is 40.7. The molecule has 20 heteroatoms. The SMILES string of the molecule is CCP(=O)(Cc1ccc(Nc2ncc(C(F)(F)F)c(Nc3ccc(Br)nc3C(=O)NC)n2)c(OC)c1)OCC1(Cn2cc(B3OC(C)(C)C(C)(C)O3)cn2)CC1. The molecule has 2 fully saturated rings. The monoisotopic (exact) mass is 862 g/mol. The van der Waals surface area contributed by atoms with Crippen molar-refractivity contribution < 1.29 is 41.1 Å². The van der Waals surface area contributed by atoms with Crippen molar-refractivity contribution in [3.8, 4) is 5.75 Å². The van der Waals surface area contributed by atoms with Gasteiger partial charge in [-0.1, -0.05) is 13.0 Å². The summed E-state index contributed by atoms with van der Waals surface area (Å²) < 4.78 is 82.5. The third kappa shape index (κ3) is 9.23. The number of carbonyl (C=O) groups excluding carboxylic acids is 1. The molecule has 14 nitrogen and oxygen atoms in total. The maximum atomic E-state index is 14.1. The van der Waals surface area contributed by atoms with Gasteiger partial charge in [0.15, 0.2) is 5.69 Å².